The van der Waals surface area contributed by atoms with Gasteiger partial charge in [0.15, 0.2) is 17.4 Å². The van der Waals surface area contributed by atoms with Crippen LogP contribution in [-0.4, -0.2) is 56.2 Å². The van der Waals surface area contributed by atoms with E-state index in [4.69, 9.17) is 16.3 Å². The van der Waals surface area contributed by atoms with Gasteiger partial charge in [-0.15, -0.1) is 0 Å². The molecule has 2 amide bonds. The highest BCUT2D eigenvalue weighted by atomic mass is 35.5. The van der Waals surface area contributed by atoms with Crippen LogP contribution in [-0.2, 0) is 4.79 Å². The fourth-order valence-corrected chi connectivity index (χ4v) is 3.14. The molecule has 3 aromatic rings. The Labute approximate surface area is 176 Å². The van der Waals surface area contributed by atoms with Crippen molar-refractivity contribution in [3.8, 4) is 11.6 Å². The van der Waals surface area contributed by atoms with E-state index in [9.17, 15) is 9.59 Å². The largest absolute Gasteiger partial charge is 0.487 e. The number of aryl methyl sites for hydroxylation is 2. The second-order valence-corrected chi connectivity index (χ2v) is 7.25. The molecule has 154 valence electrons. The molecule has 0 saturated heterocycles. The molecule has 10 nitrogen and oxygen atoms in total. The van der Waals surface area contributed by atoms with Crippen LogP contribution in [0.15, 0.2) is 30.7 Å². The van der Waals surface area contributed by atoms with Crippen LogP contribution in [0.4, 0.5) is 5.82 Å². The van der Waals surface area contributed by atoms with Gasteiger partial charge in [0, 0.05) is 37.3 Å². The van der Waals surface area contributed by atoms with Gasteiger partial charge in [0.05, 0.1) is 10.7 Å². The molecule has 0 aromatic carbocycles. The fraction of sp³-hybridized carbons (Fsp3) is 0.263. The van der Waals surface area contributed by atoms with Crippen molar-refractivity contribution in [2.75, 3.05) is 18.6 Å². The third kappa shape index (κ3) is 3.69. The highest BCUT2D eigenvalue weighted by Gasteiger charge is 2.32. The van der Waals surface area contributed by atoms with Crippen LogP contribution < -0.4 is 15.0 Å². The summed E-state index contributed by atoms with van der Waals surface area (Å²) in [7, 11) is 1.55. The van der Waals surface area contributed by atoms with E-state index in [0.29, 0.717) is 22.4 Å². The Kier molecular flexibility index (Phi) is 5.08. The molecule has 1 aliphatic heterocycles. The second-order valence-electron chi connectivity index (χ2n) is 6.81. The van der Waals surface area contributed by atoms with Gasteiger partial charge < -0.3 is 10.1 Å². The van der Waals surface area contributed by atoms with Crippen molar-refractivity contribution in [3.05, 3.63) is 52.8 Å². The Bertz CT molecular complexity index is 1150. The first-order chi connectivity index (χ1) is 14.3. The molecule has 3 aromatic heterocycles. The smallest absolute Gasteiger partial charge is 0.289 e. The summed E-state index contributed by atoms with van der Waals surface area (Å²) in [5, 5.41) is 7.34. The number of fused-ring (bicyclic) bond motifs is 1. The zero-order valence-electron chi connectivity index (χ0n) is 16.5. The average molecular weight is 428 g/mol. The number of halogens is 1. The number of rotatable bonds is 3. The van der Waals surface area contributed by atoms with E-state index in [1.54, 1.807) is 24.0 Å². The first-order valence-corrected chi connectivity index (χ1v) is 9.44. The maximum Gasteiger partial charge on any atom is 0.289 e. The van der Waals surface area contributed by atoms with E-state index in [-0.39, 0.29) is 18.3 Å². The van der Waals surface area contributed by atoms with E-state index in [0.717, 1.165) is 11.3 Å². The lowest BCUT2D eigenvalue weighted by atomic mass is 10.2. The highest BCUT2D eigenvalue weighted by Crippen LogP contribution is 2.30. The van der Waals surface area contributed by atoms with E-state index >= 15 is 0 Å². The van der Waals surface area contributed by atoms with E-state index < -0.39 is 11.9 Å². The number of amides is 2. The summed E-state index contributed by atoms with van der Waals surface area (Å²) in [4.78, 5) is 39.5. The van der Waals surface area contributed by atoms with Crippen molar-refractivity contribution in [1.82, 2.24) is 30.0 Å². The molecular weight excluding hydrogens is 410 g/mol. The number of pyridine rings is 1. The van der Waals surface area contributed by atoms with Gasteiger partial charge in [0.2, 0.25) is 5.82 Å². The standard InChI is InChI=1S/C19H18ClN7O3/c1-10-7-21-15(24-16(10)27-5-4-11(2)25-27)18(28)23-13-9-30-14-6-12(20)8-22-17(14)26(3)19(13)29/h4-8,13H,9H2,1-3H3,(H,23,28)/t13-/m0/s1. The minimum atomic E-state index is -0.948. The first kappa shape index (κ1) is 19.8. The van der Waals surface area contributed by atoms with Crippen LogP contribution in [0.1, 0.15) is 21.9 Å². The van der Waals surface area contributed by atoms with Crippen LogP contribution in [0, 0.1) is 13.8 Å². The molecule has 0 spiro atoms. The zero-order chi connectivity index (χ0) is 21.4. The molecule has 0 aliphatic carbocycles. The first-order valence-electron chi connectivity index (χ1n) is 9.06. The van der Waals surface area contributed by atoms with Gasteiger partial charge in [-0.25, -0.2) is 19.6 Å². The molecular formula is C19H18ClN7O3. The van der Waals surface area contributed by atoms with E-state index in [1.807, 2.05) is 19.9 Å². The minimum Gasteiger partial charge on any atom is -0.487 e. The SMILES string of the molecule is Cc1ccn(-c2nc(C(=O)N[C@H]3COc4cc(Cl)cnc4N(C)C3=O)ncc2C)n1. The van der Waals surface area contributed by atoms with Crippen LogP contribution in [0.25, 0.3) is 5.82 Å². The number of nitrogens with zero attached hydrogens (tertiary/aromatic N) is 6. The van der Waals surface area contributed by atoms with Gasteiger partial charge in [0.1, 0.15) is 12.6 Å². The second kappa shape index (κ2) is 7.71. The lowest BCUT2D eigenvalue weighted by Gasteiger charge is -2.19. The quantitative estimate of drug-likeness (QED) is 0.673. The minimum absolute atomic E-state index is 0.0814. The predicted molar refractivity (Wildman–Crippen MR) is 108 cm³/mol. The van der Waals surface area contributed by atoms with Gasteiger partial charge in [0.25, 0.3) is 11.8 Å². The number of likely N-dealkylation sites (N-methyl/N-ethyl adjacent to an activating group) is 1. The molecule has 0 unspecified atom stereocenters. The van der Waals surface area contributed by atoms with Crippen LogP contribution in [0.3, 0.4) is 0 Å². The van der Waals surface area contributed by atoms with Crippen molar-refractivity contribution in [2.24, 2.45) is 0 Å². The zero-order valence-corrected chi connectivity index (χ0v) is 17.2. The highest BCUT2D eigenvalue weighted by molar-refractivity contribution is 6.30. The molecule has 1 aliphatic rings. The molecule has 11 heteroatoms. The summed E-state index contributed by atoms with van der Waals surface area (Å²) in [6, 6.07) is 2.45. The summed E-state index contributed by atoms with van der Waals surface area (Å²) in [6.45, 7) is 3.59. The Hall–Kier alpha value is -3.53. The van der Waals surface area contributed by atoms with Crippen LogP contribution >= 0.6 is 11.6 Å². The third-order valence-electron chi connectivity index (χ3n) is 4.54. The number of aromatic nitrogens is 5. The Morgan fingerprint density at radius 2 is 2.07 bits per heavy atom. The average Bonchev–Trinajstić information content (AvgIpc) is 3.12. The van der Waals surface area contributed by atoms with Crippen LogP contribution in [0.5, 0.6) is 5.75 Å². The molecule has 0 saturated carbocycles. The number of carbonyl (C=O) groups excluding carboxylic acids is 2. The maximum absolute atomic E-state index is 12.8. The molecule has 1 N–H and O–H groups in total. The number of carbonyl (C=O) groups is 2. The third-order valence-corrected chi connectivity index (χ3v) is 4.75. The summed E-state index contributed by atoms with van der Waals surface area (Å²) in [6.07, 6.45) is 4.71. The monoisotopic (exact) mass is 427 g/mol. The van der Waals surface area contributed by atoms with Gasteiger partial charge in [-0.05, 0) is 19.9 Å². The summed E-state index contributed by atoms with van der Waals surface area (Å²) in [5.41, 5.74) is 1.57. The topological polar surface area (TPSA) is 115 Å². The molecule has 0 fully saturated rings. The van der Waals surface area contributed by atoms with Crippen LogP contribution in [0.2, 0.25) is 5.02 Å². The number of hydrogen-bond acceptors (Lipinski definition) is 7. The molecule has 0 bridgehead atoms. The Balaban J connectivity index is 1.56. The van der Waals surface area contributed by atoms with Gasteiger partial charge in [-0.3, -0.25) is 14.5 Å². The Morgan fingerprint density at radius 1 is 1.27 bits per heavy atom. The molecule has 4 rings (SSSR count). The molecule has 0 radical (unpaired) electrons. The number of ether oxygens (including phenoxy) is 1. The lowest BCUT2D eigenvalue weighted by Crippen LogP contribution is -2.49. The summed E-state index contributed by atoms with van der Waals surface area (Å²) < 4.78 is 7.23. The van der Waals surface area contributed by atoms with Crippen molar-refractivity contribution >= 4 is 29.2 Å². The van der Waals surface area contributed by atoms with Gasteiger partial charge in [-0.1, -0.05) is 11.6 Å². The van der Waals surface area contributed by atoms with Crippen molar-refractivity contribution in [2.45, 2.75) is 19.9 Å². The Morgan fingerprint density at radius 3 is 2.80 bits per heavy atom. The normalized spacial score (nSPS) is 15.9. The number of anilines is 1. The predicted octanol–water partition coefficient (Wildman–Crippen LogP) is 1.48. The van der Waals surface area contributed by atoms with Gasteiger partial charge in [-0.2, -0.15) is 5.10 Å². The van der Waals surface area contributed by atoms with Crippen molar-refractivity contribution < 1.29 is 14.3 Å². The van der Waals surface area contributed by atoms with Crippen molar-refractivity contribution in [3.63, 3.8) is 0 Å². The number of nitrogens with one attached hydrogen (secondary N) is 1. The maximum atomic E-state index is 12.8. The molecule has 30 heavy (non-hydrogen) atoms. The molecule has 4 heterocycles. The fourth-order valence-electron chi connectivity index (χ4n) is 2.99. The molecule has 1 atom stereocenters. The summed E-state index contributed by atoms with van der Waals surface area (Å²) >= 11 is 5.96. The van der Waals surface area contributed by atoms with Gasteiger partial charge >= 0.3 is 0 Å². The van der Waals surface area contributed by atoms with E-state index in [1.165, 1.54) is 17.3 Å². The van der Waals surface area contributed by atoms with Crippen molar-refractivity contribution in [1.29, 1.82) is 0 Å². The number of hydrogen-bond donors (Lipinski definition) is 1. The summed E-state index contributed by atoms with van der Waals surface area (Å²) in [5.74, 6) is 0.0960. The van der Waals surface area contributed by atoms with E-state index in [2.05, 4.69) is 25.4 Å². The lowest BCUT2D eigenvalue weighted by molar-refractivity contribution is -0.120.